The lowest BCUT2D eigenvalue weighted by atomic mass is 9.86. The zero-order chi connectivity index (χ0) is 10.9. The minimum atomic E-state index is 0.266. The fourth-order valence-electron chi connectivity index (χ4n) is 2.12. The van der Waals surface area contributed by atoms with Gasteiger partial charge in [0, 0.05) is 0 Å². The lowest BCUT2D eigenvalue weighted by Gasteiger charge is -2.19. The molecule has 0 heteroatoms. The van der Waals surface area contributed by atoms with E-state index in [9.17, 15) is 0 Å². The molecule has 1 aromatic carbocycles. The summed E-state index contributed by atoms with van der Waals surface area (Å²) >= 11 is 0. The van der Waals surface area contributed by atoms with Gasteiger partial charge in [-0.1, -0.05) is 51.1 Å². The molecule has 0 nitrogen and oxygen atoms in total. The average molecular weight is 200 g/mol. The van der Waals surface area contributed by atoms with E-state index in [1.54, 1.807) is 0 Å². The van der Waals surface area contributed by atoms with Gasteiger partial charge >= 0.3 is 0 Å². The molecule has 0 radical (unpaired) electrons. The van der Waals surface area contributed by atoms with E-state index < -0.39 is 0 Å². The largest absolute Gasteiger partial charge is 0.0807 e. The molecule has 0 saturated heterocycles. The van der Waals surface area contributed by atoms with Gasteiger partial charge in [-0.2, -0.15) is 0 Å². The molecule has 1 aliphatic carbocycles. The molecule has 0 N–H and O–H groups in total. The van der Waals surface area contributed by atoms with Gasteiger partial charge in [-0.3, -0.25) is 0 Å². The van der Waals surface area contributed by atoms with Crippen LogP contribution >= 0.6 is 0 Å². The van der Waals surface area contributed by atoms with Crippen LogP contribution in [0.1, 0.15) is 51.2 Å². The van der Waals surface area contributed by atoms with Gasteiger partial charge in [-0.05, 0) is 41.4 Å². The maximum atomic E-state index is 2.38. The van der Waals surface area contributed by atoms with Crippen LogP contribution in [0.25, 0.3) is 5.57 Å². The Bertz CT molecular complexity index is 360. The molecular weight excluding hydrogens is 180 g/mol. The summed E-state index contributed by atoms with van der Waals surface area (Å²) in [4.78, 5) is 0. The summed E-state index contributed by atoms with van der Waals surface area (Å²) in [5.74, 6) is 0. The fourth-order valence-corrected chi connectivity index (χ4v) is 2.12. The molecule has 2 rings (SSSR count). The van der Waals surface area contributed by atoms with Crippen molar-refractivity contribution in [1.29, 1.82) is 0 Å². The van der Waals surface area contributed by atoms with Crippen LogP contribution < -0.4 is 0 Å². The van der Waals surface area contributed by atoms with E-state index in [4.69, 9.17) is 0 Å². The lowest BCUT2D eigenvalue weighted by Crippen LogP contribution is -2.10. The van der Waals surface area contributed by atoms with Gasteiger partial charge < -0.3 is 0 Å². The van der Waals surface area contributed by atoms with Crippen LogP contribution in [-0.2, 0) is 5.41 Å². The zero-order valence-electron chi connectivity index (χ0n) is 10.0. The second kappa shape index (κ2) is 3.84. The van der Waals surface area contributed by atoms with Gasteiger partial charge in [0.25, 0.3) is 0 Å². The van der Waals surface area contributed by atoms with Crippen molar-refractivity contribution in [2.24, 2.45) is 0 Å². The lowest BCUT2D eigenvalue weighted by molar-refractivity contribution is 0.590. The van der Waals surface area contributed by atoms with Gasteiger partial charge in [0.1, 0.15) is 0 Å². The quantitative estimate of drug-likeness (QED) is 0.623. The Labute approximate surface area is 93.0 Å². The summed E-state index contributed by atoms with van der Waals surface area (Å²) in [7, 11) is 0. The third-order valence-corrected chi connectivity index (χ3v) is 3.16. The molecular formula is C15H20. The molecule has 1 aromatic rings. The van der Waals surface area contributed by atoms with Crippen molar-refractivity contribution in [3.63, 3.8) is 0 Å². The molecule has 0 aromatic heterocycles. The first-order valence-corrected chi connectivity index (χ1v) is 5.87. The fraction of sp³-hybridized carbons (Fsp3) is 0.467. The molecule has 0 saturated carbocycles. The maximum Gasteiger partial charge on any atom is -0.0132 e. The number of allylic oxidation sites excluding steroid dienone is 2. The Kier molecular flexibility index (Phi) is 2.68. The minimum absolute atomic E-state index is 0.266. The Morgan fingerprint density at radius 3 is 2.13 bits per heavy atom. The van der Waals surface area contributed by atoms with Gasteiger partial charge in [0.2, 0.25) is 0 Å². The second-order valence-corrected chi connectivity index (χ2v) is 5.45. The van der Waals surface area contributed by atoms with Crippen molar-refractivity contribution < 1.29 is 0 Å². The van der Waals surface area contributed by atoms with E-state index in [2.05, 4.69) is 51.1 Å². The summed E-state index contributed by atoms with van der Waals surface area (Å²) in [6.07, 6.45) is 6.23. The predicted octanol–water partition coefficient (Wildman–Crippen LogP) is 4.55. The smallest absolute Gasteiger partial charge is 0.0132 e. The number of rotatable bonds is 1. The molecule has 0 fully saturated rings. The van der Waals surface area contributed by atoms with Crippen molar-refractivity contribution >= 4 is 5.57 Å². The molecule has 0 unspecified atom stereocenters. The molecule has 15 heavy (non-hydrogen) atoms. The third-order valence-electron chi connectivity index (χ3n) is 3.16. The van der Waals surface area contributed by atoms with Gasteiger partial charge in [-0.25, -0.2) is 0 Å². The van der Waals surface area contributed by atoms with Gasteiger partial charge in [0.05, 0.1) is 0 Å². The standard InChI is InChI=1S/C15H20/c1-15(2,3)14-10-8-13(9-11-14)12-6-4-5-7-12/h6,8-11H,4-5,7H2,1-3H3. The number of benzene rings is 1. The highest BCUT2D eigenvalue weighted by molar-refractivity contribution is 5.67. The predicted molar refractivity (Wildman–Crippen MR) is 67.0 cm³/mol. The van der Waals surface area contributed by atoms with E-state index in [-0.39, 0.29) is 5.41 Å². The first kappa shape index (κ1) is 10.5. The molecule has 1 aliphatic rings. The van der Waals surface area contributed by atoms with E-state index >= 15 is 0 Å². The van der Waals surface area contributed by atoms with Crippen LogP contribution in [0.3, 0.4) is 0 Å². The highest BCUT2D eigenvalue weighted by Crippen LogP contribution is 2.29. The van der Waals surface area contributed by atoms with E-state index in [0.717, 1.165) is 0 Å². The van der Waals surface area contributed by atoms with Crippen LogP contribution in [0.15, 0.2) is 30.3 Å². The van der Waals surface area contributed by atoms with Crippen LogP contribution in [0.5, 0.6) is 0 Å². The Morgan fingerprint density at radius 2 is 1.67 bits per heavy atom. The van der Waals surface area contributed by atoms with Gasteiger partial charge in [-0.15, -0.1) is 0 Å². The van der Waals surface area contributed by atoms with Crippen molar-refractivity contribution in [2.75, 3.05) is 0 Å². The van der Waals surface area contributed by atoms with Crippen molar-refractivity contribution in [1.82, 2.24) is 0 Å². The summed E-state index contributed by atoms with van der Waals surface area (Å²) in [6, 6.07) is 9.10. The van der Waals surface area contributed by atoms with Crippen LogP contribution in [0, 0.1) is 0 Å². The molecule has 0 heterocycles. The molecule has 0 aliphatic heterocycles. The Hall–Kier alpha value is -1.04. The Morgan fingerprint density at radius 1 is 1.00 bits per heavy atom. The molecule has 0 bridgehead atoms. The third kappa shape index (κ3) is 2.31. The van der Waals surface area contributed by atoms with Crippen molar-refractivity contribution in [3.05, 3.63) is 41.5 Å². The first-order chi connectivity index (χ1) is 7.07. The molecule has 0 amide bonds. The molecule has 80 valence electrons. The number of hydrogen-bond donors (Lipinski definition) is 0. The summed E-state index contributed by atoms with van der Waals surface area (Å²) in [5, 5.41) is 0. The van der Waals surface area contributed by atoms with Crippen molar-refractivity contribution in [3.8, 4) is 0 Å². The topological polar surface area (TPSA) is 0 Å². The zero-order valence-corrected chi connectivity index (χ0v) is 10.0. The van der Waals surface area contributed by atoms with Crippen LogP contribution in [0.2, 0.25) is 0 Å². The van der Waals surface area contributed by atoms with E-state index in [1.165, 1.54) is 36.0 Å². The SMILES string of the molecule is CC(C)(C)c1ccc(C2=CCCC2)cc1. The summed E-state index contributed by atoms with van der Waals surface area (Å²) in [6.45, 7) is 6.78. The highest BCUT2D eigenvalue weighted by atomic mass is 14.2. The van der Waals surface area contributed by atoms with Crippen molar-refractivity contribution in [2.45, 2.75) is 45.4 Å². The summed E-state index contributed by atoms with van der Waals surface area (Å²) in [5.41, 5.74) is 4.64. The molecule has 0 atom stereocenters. The average Bonchev–Trinajstić information content (AvgIpc) is 2.69. The Balaban J connectivity index is 2.24. The van der Waals surface area contributed by atoms with Crippen LogP contribution in [0.4, 0.5) is 0 Å². The number of hydrogen-bond acceptors (Lipinski definition) is 0. The highest BCUT2D eigenvalue weighted by Gasteiger charge is 2.13. The maximum absolute atomic E-state index is 2.38. The first-order valence-electron chi connectivity index (χ1n) is 5.87. The van der Waals surface area contributed by atoms with Gasteiger partial charge in [0.15, 0.2) is 0 Å². The van der Waals surface area contributed by atoms with Crippen LogP contribution in [-0.4, -0.2) is 0 Å². The normalized spacial score (nSPS) is 16.6. The van der Waals surface area contributed by atoms with E-state index in [1.807, 2.05) is 0 Å². The monoisotopic (exact) mass is 200 g/mol. The molecule has 0 spiro atoms. The summed E-state index contributed by atoms with van der Waals surface area (Å²) < 4.78 is 0. The van der Waals surface area contributed by atoms with E-state index in [0.29, 0.717) is 0 Å². The second-order valence-electron chi connectivity index (χ2n) is 5.45. The minimum Gasteiger partial charge on any atom is -0.0807 e.